The molecule has 4 saturated carbocycles. The quantitative estimate of drug-likeness (QED) is 0.425. The summed E-state index contributed by atoms with van der Waals surface area (Å²) < 4.78 is 0. The van der Waals surface area contributed by atoms with Crippen LogP contribution in [0.2, 0.25) is 0 Å². The maximum absolute atomic E-state index is 11.4. The van der Waals surface area contributed by atoms with E-state index in [2.05, 4.69) is 20.8 Å². The minimum atomic E-state index is -0.984. The molecule has 0 aromatic rings. The molecule has 0 radical (unpaired) electrons. The SMILES string of the molecule is C[C@H](CCCC(C)(O)CO)[C@H]1CC[C@H]2[C@@H]3[C@@H](O)[C@H](O)[C@@H]4C[C@H](O)CC[C@]4(C)[C@H]3CC[C@]12C. The van der Waals surface area contributed by atoms with Crippen LogP contribution in [-0.4, -0.2) is 56.1 Å². The van der Waals surface area contributed by atoms with Crippen LogP contribution in [0, 0.1) is 46.3 Å². The summed E-state index contributed by atoms with van der Waals surface area (Å²) in [6.45, 7) is 8.65. The van der Waals surface area contributed by atoms with E-state index in [-0.39, 0.29) is 35.4 Å². The smallest absolute Gasteiger partial charge is 0.0849 e. The molecule has 0 aromatic heterocycles. The lowest BCUT2D eigenvalue weighted by molar-refractivity contribution is -0.223. The largest absolute Gasteiger partial charge is 0.393 e. The fraction of sp³-hybridized carbons (Fsp3) is 1.00. The minimum Gasteiger partial charge on any atom is -0.393 e. The molecule has 1 unspecified atom stereocenters. The first kappa shape index (κ1) is 24.9. The van der Waals surface area contributed by atoms with Gasteiger partial charge in [0.2, 0.25) is 0 Å². The lowest BCUT2D eigenvalue weighted by Crippen LogP contribution is -2.64. The second-order valence-corrected chi connectivity index (χ2v) is 13.1. The number of hydrogen-bond donors (Lipinski definition) is 5. The lowest BCUT2D eigenvalue weighted by Gasteiger charge is -2.63. The molecule has 0 aliphatic heterocycles. The predicted molar refractivity (Wildman–Crippen MR) is 125 cm³/mol. The highest BCUT2D eigenvalue weighted by molar-refractivity contribution is 5.14. The Hall–Kier alpha value is -0.200. The molecule has 0 aromatic carbocycles. The van der Waals surface area contributed by atoms with Crippen molar-refractivity contribution in [2.75, 3.05) is 6.61 Å². The number of hydrogen-bond acceptors (Lipinski definition) is 5. The van der Waals surface area contributed by atoms with Gasteiger partial charge < -0.3 is 25.5 Å². The Morgan fingerprint density at radius 3 is 2.25 bits per heavy atom. The first-order chi connectivity index (χ1) is 14.9. The third-order valence-electron chi connectivity index (χ3n) is 11.2. The van der Waals surface area contributed by atoms with E-state index >= 15 is 0 Å². The number of aliphatic hydroxyl groups is 5. The van der Waals surface area contributed by atoms with Crippen LogP contribution in [-0.2, 0) is 0 Å². The van der Waals surface area contributed by atoms with E-state index in [4.69, 9.17) is 0 Å². The summed E-state index contributed by atoms with van der Waals surface area (Å²) in [4.78, 5) is 0. The molecule has 4 fully saturated rings. The third-order valence-corrected chi connectivity index (χ3v) is 11.2. The van der Waals surface area contributed by atoms with E-state index in [0.717, 1.165) is 38.5 Å². The Kier molecular flexibility index (Phi) is 6.84. The predicted octanol–water partition coefficient (Wildman–Crippen LogP) is 3.50. The molecule has 0 heterocycles. The summed E-state index contributed by atoms with van der Waals surface area (Å²) in [5.74, 6) is 2.20. The maximum Gasteiger partial charge on any atom is 0.0849 e. The van der Waals surface area contributed by atoms with Gasteiger partial charge in [-0.1, -0.05) is 33.6 Å². The summed E-state index contributed by atoms with van der Waals surface area (Å²) >= 11 is 0. The van der Waals surface area contributed by atoms with Gasteiger partial charge in [-0.2, -0.15) is 0 Å². The Morgan fingerprint density at radius 1 is 0.906 bits per heavy atom. The second-order valence-electron chi connectivity index (χ2n) is 13.1. The van der Waals surface area contributed by atoms with Gasteiger partial charge in [-0.25, -0.2) is 0 Å². The van der Waals surface area contributed by atoms with Gasteiger partial charge in [-0.05, 0) is 105 Å². The van der Waals surface area contributed by atoms with Crippen molar-refractivity contribution in [1.82, 2.24) is 0 Å². The van der Waals surface area contributed by atoms with Gasteiger partial charge in [0.25, 0.3) is 0 Å². The van der Waals surface area contributed by atoms with Gasteiger partial charge in [-0.3, -0.25) is 0 Å². The van der Waals surface area contributed by atoms with Crippen LogP contribution in [0.5, 0.6) is 0 Å². The van der Waals surface area contributed by atoms with E-state index in [1.54, 1.807) is 6.92 Å². The van der Waals surface area contributed by atoms with E-state index in [1.165, 1.54) is 12.8 Å². The van der Waals surface area contributed by atoms with Crippen molar-refractivity contribution in [2.45, 2.75) is 116 Å². The second kappa shape index (κ2) is 8.78. The summed E-state index contributed by atoms with van der Waals surface area (Å²) in [6, 6.07) is 0. The number of aliphatic hydroxyl groups excluding tert-OH is 4. The van der Waals surface area contributed by atoms with E-state index in [9.17, 15) is 25.5 Å². The van der Waals surface area contributed by atoms with Crippen molar-refractivity contribution in [2.24, 2.45) is 46.3 Å². The Bertz CT molecular complexity index is 666. The van der Waals surface area contributed by atoms with Crippen LogP contribution < -0.4 is 0 Å². The van der Waals surface area contributed by atoms with Crippen molar-refractivity contribution < 1.29 is 25.5 Å². The van der Waals surface area contributed by atoms with Crippen LogP contribution >= 0.6 is 0 Å². The highest BCUT2D eigenvalue weighted by Crippen LogP contribution is 2.68. The summed E-state index contributed by atoms with van der Waals surface area (Å²) in [6.07, 6.45) is 7.87. The van der Waals surface area contributed by atoms with Crippen molar-refractivity contribution in [1.29, 1.82) is 0 Å². The Labute approximate surface area is 194 Å². The normalized spacial score (nSPS) is 51.3. The van der Waals surface area contributed by atoms with E-state index in [1.807, 2.05) is 0 Å². The fourth-order valence-corrected chi connectivity index (χ4v) is 9.30. The number of rotatable bonds is 6. The highest BCUT2D eigenvalue weighted by Gasteiger charge is 2.65. The van der Waals surface area contributed by atoms with Gasteiger partial charge in [-0.15, -0.1) is 0 Å². The average Bonchev–Trinajstić information content (AvgIpc) is 3.10. The molecule has 5 nitrogen and oxygen atoms in total. The fourth-order valence-electron chi connectivity index (χ4n) is 9.30. The van der Waals surface area contributed by atoms with Crippen LogP contribution in [0.3, 0.4) is 0 Å². The van der Waals surface area contributed by atoms with Gasteiger partial charge >= 0.3 is 0 Å². The minimum absolute atomic E-state index is 0.00213. The molecule has 5 N–H and O–H groups in total. The first-order valence-electron chi connectivity index (χ1n) is 13.3. The van der Waals surface area contributed by atoms with Crippen LogP contribution in [0.15, 0.2) is 0 Å². The molecule has 0 saturated heterocycles. The third kappa shape index (κ3) is 3.98. The Balaban J connectivity index is 1.50. The zero-order chi connectivity index (χ0) is 23.5. The molecule has 186 valence electrons. The van der Waals surface area contributed by atoms with Crippen molar-refractivity contribution in [3.63, 3.8) is 0 Å². The number of fused-ring (bicyclic) bond motifs is 5. The van der Waals surface area contributed by atoms with Gasteiger partial charge in [0.1, 0.15) is 0 Å². The maximum atomic E-state index is 11.4. The summed E-state index contributed by atoms with van der Waals surface area (Å²) in [5.41, 5.74) is -0.774. The average molecular weight is 453 g/mol. The standard InChI is InChI=1S/C27H48O5/c1-16(6-5-11-25(2,32)15-28)18-7-8-19-22-20(10-13-26(18,19)3)27(4)12-9-17(29)14-21(27)23(30)24(22)31/h16-24,28-32H,5-15H2,1-4H3/t16-,17-,18-,19+,20+,21+,22+,23-,24-,25?,26-,27-/m1/s1. The monoisotopic (exact) mass is 452 g/mol. The molecule has 4 aliphatic rings. The summed E-state index contributed by atoms with van der Waals surface area (Å²) in [5, 5.41) is 52.3. The van der Waals surface area contributed by atoms with Crippen LogP contribution in [0.25, 0.3) is 0 Å². The van der Waals surface area contributed by atoms with Crippen LogP contribution in [0.4, 0.5) is 0 Å². The Morgan fingerprint density at radius 2 is 1.56 bits per heavy atom. The molecule has 0 spiro atoms. The van der Waals surface area contributed by atoms with Crippen LogP contribution in [0.1, 0.15) is 91.9 Å². The molecule has 0 bridgehead atoms. The van der Waals surface area contributed by atoms with Gasteiger partial charge in [0.15, 0.2) is 0 Å². The molecule has 4 rings (SSSR count). The summed E-state index contributed by atoms with van der Waals surface area (Å²) in [7, 11) is 0. The van der Waals surface area contributed by atoms with Crippen molar-refractivity contribution in [3.05, 3.63) is 0 Å². The molecule has 5 heteroatoms. The zero-order valence-corrected chi connectivity index (χ0v) is 20.7. The molecular weight excluding hydrogens is 404 g/mol. The molecular formula is C27H48O5. The molecule has 4 aliphatic carbocycles. The zero-order valence-electron chi connectivity index (χ0n) is 20.7. The molecule has 12 atom stereocenters. The van der Waals surface area contributed by atoms with E-state index < -0.39 is 17.8 Å². The van der Waals surface area contributed by atoms with E-state index in [0.29, 0.717) is 36.5 Å². The highest BCUT2D eigenvalue weighted by atomic mass is 16.3. The van der Waals surface area contributed by atoms with Gasteiger partial charge in [0, 0.05) is 0 Å². The van der Waals surface area contributed by atoms with Gasteiger partial charge in [0.05, 0.1) is 30.5 Å². The van der Waals surface area contributed by atoms with Crippen molar-refractivity contribution in [3.8, 4) is 0 Å². The first-order valence-corrected chi connectivity index (χ1v) is 13.3. The molecule has 0 amide bonds. The van der Waals surface area contributed by atoms with Crippen molar-refractivity contribution >= 4 is 0 Å². The molecule has 32 heavy (non-hydrogen) atoms. The lowest BCUT2D eigenvalue weighted by atomic mass is 9.43. The topological polar surface area (TPSA) is 101 Å².